The second-order valence-corrected chi connectivity index (χ2v) is 3.85. The van der Waals surface area contributed by atoms with Gasteiger partial charge in [0.25, 0.3) is 0 Å². The number of nitrogens with two attached hydrogens (primary N) is 1. The van der Waals surface area contributed by atoms with Crippen molar-refractivity contribution < 1.29 is 13.5 Å². The smallest absolute Gasteiger partial charge is 0.200 e. The Morgan fingerprint density at radius 3 is 2.80 bits per heavy atom. The van der Waals surface area contributed by atoms with Gasteiger partial charge < -0.3 is 10.5 Å². The molecule has 1 aliphatic carbocycles. The third-order valence-electron chi connectivity index (χ3n) is 2.83. The summed E-state index contributed by atoms with van der Waals surface area (Å²) in [7, 11) is 1.33. The number of fused-ring (bicyclic) bond motifs is 1. The van der Waals surface area contributed by atoms with Crippen LogP contribution in [0.15, 0.2) is 6.07 Å². The van der Waals surface area contributed by atoms with Crippen molar-refractivity contribution in [1.82, 2.24) is 0 Å². The highest BCUT2D eigenvalue weighted by atomic mass is 19.2. The van der Waals surface area contributed by atoms with E-state index in [0.717, 1.165) is 5.56 Å². The molecule has 0 saturated heterocycles. The first-order valence-electron chi connectivity index (χ1n) is 4.92. The van der Waals surface area contributed by atoms with Crippen LogP contribution < -0.4 is 10.5 Å². The Morgan fingerprint density at radius 2 is 2.13 bits per heavy atom. The highest BCUT2D eigenvalue weighted by Gasteiger charge is 2.23. The largest absolute Gasteiger partial charge is 0.494 e. The number of hydrogen-bond acceptors (Lipinski definition) is 2. The maximum absolute atomic E-state index is 13.6. The average molecular weight is 213 g/mol. The van der Waals surface area contributed by atoms with Gasteiger partial charge in [-0.3, -0.25) is 0 Å². The summed E-state index contributed by atoms with van der Waals surface area (Å²) < 4.78 is 31.7. The standard InChI is InChI=1S/C11H13F2NO/c1-15-9-5-6-4-7(14)2-3-8(6)10(12)11(9)13/h5,7H,2-4,14H2,1H3. The van der Waals surface area contributed by atoms with E-state index in [-0.39, 0.29) is 11.8 Å². The third-order valence-corrected chi connectivity index (χ3v) is 2.83. The van der Waals surface area contributed by atoms with Gasteiger partial charge in [-0.25, -0.2) is 4.39 Å². The van der Waals surface area contributed by atoms with Crippen LogP contribution >= 0.6 is 0 Å². The van der Waals surface area contributed by atoms with Crippen LogP contribution in [0.4, 0.5) is 8.78 Å². The molecule has 0 heterocycles. The van der Waals surface area contributed by atoms with Crippen molar-refractivity contribution in [2.24, 2.45) is 5.73 Å². The second-order valence-electron chi connectivity index (χ2n) is 3.85. The molecular formula is C11H13F2NO. The van der Waals surface area contributed by atoms with E-state index >= 15 is 0 Å². The molecule has 0 fully saturated rings. The Bertz CT molecular complexity index is 393. The minimum atomic E-state index is -0.897. The first-order valence-corrected chi connectivity index (χ1v) is 4.92. The van der Waals surface area contributed by atoms with Crippen molar-refractivity contribution in [3.63, 3.8) is 0 Å². The van der Waals surface area contributed by atoms with Gasteiger partial charge >= 0.3 is 0 Å². The fourth-order valence-electron chi connectivity index (χ4n) is 2.01. The van der Waals surface area contributed by atoms with Crippen molar-refractivity contribution >= 4 is 0 Å². The predicted molar refractivity (Wildman–Crippen MR) is 52.9 cm³/mol. The lowest BCUT2D eigenvalue weighted by atomic mass is 9.88. The Kier molecular flexibility index (Phi) is 2.61. The highest BCUT2D eigenvalue weighted by Crippen LogP contribution is 2.30. The van der Waals surface area contributed by atoms with Crippen LogP contribution in [0.5, 0.6) is 5.75 Å². The van der Waals surface area contributed by atoms with E-state index in [0.29, 0.717) is 24.8 Å². The summed E-state index contributed by atoms with van der Waals surface area (Å²) in [6.45, 7) is 0. The van der Waals surface area contributed by atoms with Crippen molar-refractivity contribution in [2.75, 3.05) is 7.11 Å². The number of halogens is 2. The second kappa shape index (κ2) is 3.77. The number of ether oxygens (including phenoxy) is 1. The molecule has 1 aromatic rings. The van der Waals surface area contributed by atoms with Crippen molar-refractivity contribution in [1.29, 1.82) is 0 Å². The lowest BCUT2D eigenvalue weighted by Gasteiger charge is -2.22. The summed E-state index contributed by atoms with van der Waals surface area (Å²) in [6, 6.07) is 1.58. The Balaban J connectivity index is 2.52. The lowest BCUT2D eigenvalue weighted by Crippen LogP contribution is -2.28. The predicted octanol–water partition coefficient (Wildman–Crippen LogP) is 1.79. The van der Waals surface area contributed by atoms with Gasteiger partial charge in [-0.2, -0.15) is 4.39 Å². The molecule has 1 unspecified atom stereocenters. The van der Waals surface area contributed by atoms with Crippen molar-refractivity contribution in [3.05, 3.63) is 28.8 Å². The molecule has 1 aliphatic rings. The molecule has 0 spiro atoms. The fraction of sp³-hybridized carbons (Fsp3) is 0.455. The number of hydrogen-bond donors (Lipinski definition) is 1. The summed E-state index contributed by atoms with van der Waals surface area (Å²) >= 11 is 0. The molecular weight excluding hydrogens is 200 g/mol. The lowest BCUT2D eigenvalue weighted by molar-refractivity contribution is 0.366. The summed E-state index contributed by atoms with van der Waals surface area (Å²) in [5.74, 6) is -1.72. The Hall–Kier alpha value is -1.16. The van der Waals surface area contributed by atoms with E-state index in [1.807, 2.05) is 0 Å². The summed E-state index contributed by atoms with van der Waals surface area (Å²) in [4.78, 5) is 0. The summed E-state index contributed by atoms with van der Waals surface area (Å²) in [6.07, 6.45) is 1.79. The van der Waals surface area contributed by atoms with Gasteiger partial charge in [0.15, 0.2) is 11.6 Å². The zero-order chi connectivity index (χ0) is 11.0. The number of benzene rings is 1. The van der Waals surface area contributed by atoms with Crippen LogP contribution in [0.1, 0.15) is 17.5 Å². The van der Waals surface area contributed by atoms with Crippen LogP contribution in [0.25, 0.3) is 0 Å². The van der Waals surface area contributed by atoms with E-state index in [1.54, 1.807) is 6.07 Å². The van der Waals surface area contributed by atoms with Crippen LogP contribution in [0.3, 0.4) is 0 Å². The molecule has 0 radical (unpaired) electrons. The minimum Gasteiger partial charge on any atom is -0.494 e. The molecule has 82 valence electrons. The Labute approximate surface area is 87.0 Å². The molecule has 0 aliphatic heterocycles. The van der Waals surface area contributed by atoms with Gasteiger partial charge in [0.1, 0.15) is 0 Å². The molecule has 2 N–H and O–H groups in total. The molecule has 1 atom stereocenters. The third kappa shape index (κ3) is 1.69. The van der Waals surface area contributed by atoms with E-state index < -0.39 is 11.6 Å². The van der Waals surface area contributed by atoms with Crippen LogP contribution in [0, 0.1) is 11.6 Å². The van der Waals surface area contributed by atoms with Crippen molar-refractivity contribution in [3.8, 4) is 5.75 Å². The van der Waals surface area contributed by atoms with E-state index in [2.05, 4.69) is 0 Å². The summed E-state index contributed by atoms with van der Waals surface area (Å²) in [5.41, 5.74) is 6.99. The van der Waals surface area contributed by atoms with Gasteiger partial charge in [-0.05, 0) is 36.5 Å². The number of methoxy groups -OCH3 is 1. The molecule has 0 saturated carbocycles. The monoisotopic (exact) mass is 213 g/mol. The normalized spacial score (nSPS) is 19.9. The molecule has 0 aromatic heterocycles. The molecule has 1 aromatic carbocycles. The maximum Gasteiger partial charge on any atom is 0.200 e. The van der Waals surface area contributed by atoms with E-state index in [1.165, 1.54) is 7.11 Å². The molecule has 4 heteroatoms. The zero-order valence-corrected chi connectivity index (χ0v) is 8.52. The highest BCUT2D eigenvalue weighted by molar-refractivity contribution is 5.40. The van der Waals surface area contributed by atoms with Crippen molar-refractivity contribution in [2.45, 2.75) is 25.3 Å². The zero-order valence-electron chi connectivity index (χ0n) is 8.52. The van der Waals surface area contributed by atoms with Gasteiger partial charge in [0, 0.05) is 6.04 Å². The maximum atomic E-state index is 13.6. The fourth-order valence-corrected chi connectivity index (χ4v) is 2.01. The minimum absolute atomic E-state index is 0.0343. The number of rotatable bonds is 1. The van der Waals surface area contributed by atoms with Gasteiger partial charge in [-0.1, -0.05) is 0 Å². The van der Waals surface area contributed by atoms with E-state index in [4.69, 9.17) is 10.5 Å². The van der Waals surface area contributed by atoms with E-state index in [9.17, 15) is 8.78 Å². The molecule has 0 bridgehead atoms. The van der Waals surface area contributed by atoms with Crippen LogP contribution in [-0.2, 0) is 12.8 Å². The molecule has 2 rings (SSSR count). The topological polar surface area (TPSA) is 35.2 Å². The molecule has 15 heavy (non-hydrogen) atoms. The molecule has 2 nitrogen and oxygen atoms in total. The van der Waals surface area contributed by atoms with Gasteiger partial charge in [-0.15, -0.1) is 0 Å². The molecule has 0 amide bonds. The van der Waals surface area contributed by atoms with Crippen LogP contribution in [-0.4, -0.2) is 13.2 Å². The van der Waals surface area contributed by atoms with Gasteiger partial charge in [0.2, 0.25) is 5.82 Å². The van der Waals surface area contributed by atoms with Gasteiger partial charge in [0.05, 0.1) is 7.11 Å². The summed E-state index contributed by atoms with van der Waals surface area (Å²) in [5, 5.41) is 0. The average Bonchev–Trinajstić information content (AvgIpc) is 2.23. The SMILES string of the molecule is COc1cc2c(c(F)c1F)CCC(N)C2. The first kappa shape index (κ1) is 10.4. The Morgan fingerprint density at radius 1 is 1.40 bits per heavy atom. The quantitative estimate of drug-likeness (QED) is 0.771. The van der Waals surface area contributed by atoms with Crippen LogP contribution in [0.2, 0.25) is 0 Å². The first-order chi connectivity index (χ1) is 7.13.